The van der Waals surface area contributed by atoms with E-state index in [1.807, 2.05) is 0 Å². The minimum atomic E-state index is 0.278. The van der Waals surface area contributed by atoms with Crippen LogP contribution in [0.2, 0.25) is 0 Å². The Bertz CT molecular complexity index is 178. The van der Waals surface area contributed by atoms with Crippen LogP contribution in [0.4, 0.5) is 0 Å². The van der Waals surface area contributed by atoms with Crippen molar-refractivity contribution >= 4 is 0 Å². The monoisotopic (exact) mass is 227 g/mol. The quantitative estimate of drug-likeness (QED) is 0.708. The van der Waals surface area contributed by atoms with Gasteiger partial charge in [-0.2, -0.15) is 0 Å². The molecule has 0 bridgehead atoms. The van der Waals surface area contributed by atoms with Crippen molar-refractivity contribution in [3.63, 3.8) is 0 Å². The molecule has 3 atom stereocenters. The number of rotatable bonds is 5. The first-order valence-corrected chi connectivity index (χ1v) is 7.04. The number of hydrogen-bond donors (Lipinski definition) is 2. The van der Waals surface area contributed by atoms with Crippen LogP contribution >= 0.6 is 0 Å². The maximum Gasteiger partial charge on any atom is 0.0584 e. The molecule has 0 aromatic rings. The molecule has 1 fully saturated rings. The fraction of sp³-hybridized carbons (Fsp3) is 1.00. The maximum absolute atomic E-state index is 9.20. The smallest absolute Gasteiger partial charge is 0.0584 e. The summed E-state index contributed by atoms with van der Waals surface area (Å²) in [6.07, 6.45) is 7.71. The molecule has 0 aromatic carbocycles. The Kier molecular flexibility index (Phi) is 6.37. The summed E-state index contributed by atoms with van der Waals surface area (Å²) >= 11 is 0. The first-order valence-electron chi connectivity index (χ1n) is 7.04. The van der Waals surface area contributed by atoms with Crippen molar-refractivity contribution in [2.45, 2.75) is 71.4 Å². The van der Waals surface area contributed by atoms with Crippen molar-refractivity contribution in [1.82, 2.24) is 5.32 Å². The minimum Gasteiger partial charge on any atom is -0.395 e. The lowest BCUT2D eigenvalue weighted by Gasteiger charge is -2.23. The first kappa shape index (κ1) is 14.0. The van der Waals surface area contributed by atoms with Crippen LogP contribution in [0, 0.1) is 11.8 Å². The van der Waals surface area contributed by atoms with Crippen LogP contribution in [0.3, 0.4) is 0 Å². The third kappa shape index (κ3) is 4.42. The first-order chi connectivity index (χ1) is 7.67. The molecule has 2 unspecified atom stereocenters. The molecular formula is C14H29NO. The molecule has 2 N–H and O–H groups in total. The summed E-state index contributed by atoms with van der Waals surface area (Å²) < 4.78 is 0. The van der Waals surface area contributed by atoms with Gasteiger partial charge in [0.1, 0.15) is 0 Å². The molecule has 2 heteroatoms. The van der Waals surface area contributed by atoms with Crippen molar-refractivity contribution in [3.05, 3.63) is 0 Å². The van der Waals surface area contributed by atoms with E-state index in [1.165, 1.54) is 32.1 Å². The summed E-state index contributed by atoms with van der Waals surface area (Å²) in [7, 11) is 0. The van der Waals surface area contributed by atoms with E-state index in [0.29, 0.717) is 12.1 Å². The predicted octanol–water partition coefficient (Wildman–Crippen LogP) is 2.95. The largest absolute Gasteiger partial charge is 0.395 e. The van der Waals surface area contributed by atoms with Crippen molar-refractivity contribution in [2.24, 2.45) is 11.8 Å². The van der Waals surface area contributed by atoms with Crippen LogP contribution in [0.15, 0.2) is 0 Å². The van der Waals surface area contributed by atoms with Crippen molar-refractivity contribution in [2.75, 3.05) is 6.61 Å². The maximum atomic E-state index is 9.20. The van der Waals surface area contributed by atoms with E-state index in [-0.39, 0.29) is 6.61 Å². The molecule has 0 saturated heterocycles. The summed E-state index contributed by atoms with van der Waals surface area (Å²) in [6, 6.07) is 0.946. The lowest BCUT2D eigenvalue weighted by atomic mass is 9.89. The normalized spacial score (nSPS) is 29.1. The highest BCUT2D eigenvalue weighted by molar-refractivity contribution is 4.79. The molecule has 0 heterocycles. The SMILES string of the molecule is CC[C@@H](CO)NC1CCCC(C(C)C)CC1. The van der Waals surface area contributed by atoms with Gasteiger partial charge in [0.15, 0.2) is 0 Å². The summed E-state index contributed by atoms with van der Waals surface area (Å²) in [5.41, 5.74) is 0. The zero-order chi connectivity index (χ0) is 12.0. The Morgan fingerprint density at radius 1 is 1.19 bits per heavy atom. The summed E-state index contributed by atoms with van der Waals surface area (Å²) in [6.45, 7) is 7.12. The standard InChI is InChI=1S/C14H29NO/c1-4-13(10-16)15-14-7-5-6-12(8-9-14)11(2)3/h11-16H,4-10H2,1-3H3/t12?,13-,14?/m0/s1. The predicted molar refractivity (Wildman–Crippen MR) is 69.5 cm³/mol. The van der Waals surface area contributed by atoms with Gasteiger partial charge >= 0.3 is 0 Å². The van der Waals surface area contributed by atoms with E-state index in [1.54, 1.807) is 0 Å². The number of nitrogens with one attached hydrogen (secondary N) is 1. The Balaban J connectivity index is 2.35. The van der Waals surface area contributed by atoms with Crippen LogP contribution in [-0.4, -0.2) is 23.8 Å². The van der Waals surface area contributed by atoms with E-state index >= 15 is 0 Å². The van der Waals surface area contributed by atoms with Crippen LogP contribution in [-0.2, 0) is 0 Å². The topological polar surface area (TPSA) is 32.3 Å². The van der Waals surface area contributed by atoms with Gasteiger partial charge in [-0.1, -0.05) is 33.6 Å². The van der Waals surface area contributed by atoms with Crippen LogP contribution in [0.1, 0.15) is 59.3 Å². The molecule has 2 nitrogen and oxygen atoms in total. The van der Waals surface area contributed by atoms with Gasteiger partial charge < -0.3 is 10.4 Å². The third-order valence-electron chi connectivity index (χ3n) is 4.14. The van der Waals surface area contributed by atoms with Gasteiger partial charge in [0.2, 0.25) is 0 Å². The van der Waals surface area contributed by atoms with Crippen LogP contribution in [0.25, 0.3) is 0 Å². The van der Waals surface area contributed by atoms with E-state index in [4.69, 9.17) is 0 Å². The highest BCUT2D eigenvalue weighted by Gasteiger charge is 2.21. The Labute approximate surface area is 101 Å². The molecule has 1 rings (SSSR count). The Hall–Kier alpha value is -0.0800. The third-order valence-corrected chi connectivity index (χ3v) is 4.14. The fourth-order valence-electron chi connectivity index (χ4n) is 2.80. The molecule has 96 valence electrons. The molecular weight excluding hydrogens is 198 g/mol. The molecule has 0 aliphatic heterocycles. The second kappa shape index (κ2) is 7.29. The fourth-order valence-corrected chi connectivity index (χ4v) is 2.80. The molecule has 16 heavy (non-hydrogen) atoms. The number of aliphatic hydroxyl groups excluding tert-OH is 1. The van der Waals surface area contributed by atoms with Crippen molar-refractivity contribution in [1.29, 1.82) is 0 Å². The summed E-state index contributed by atoms with van der Waals surface area (Å²) in [5, 5.41) is 12.8. The van der Waals surface area contributed by atoms with Gasteiger partial charge in [0.05, 0.1) is 6.61 Å². The summed E-state index contributed by atoms with van der Waals surface area (Å²) in [4.78, 5) is 0. The van der Waals surface area contributed by atoms with Gasteiger partial charge in [0, 0.05) is 12.1 Å². The van der Waals surface area contributed by atoms with Gasteiger partial charge in [0.25, 0.3) is 0 Å². The lowest BCUT2D eigenvalue weighted by Crippen LogP contribution is -2.39. The van der Waals surface area contributed by atoms with Crippen LogP contribution in [0.5, 0.6) is 0 Å². The van der Waals surface area contributed by atoms with E-state index in [0.717, 1.165) is 18.3 Å². The Morgan fingerprint density at radius 3 is 2.50 bits per heavy atom. The van der Waals surface area contributed by atoms with E-state index in [2.05, 4.69) is 26.1 Å². The van der Waals surface area contributed by atoms with E-state index < -0.39 is 0 Å². The van der Waals surface area contributed by atoms with Crippen molar-refractivity contribution < 1.29 is 5.11 Å². The molecule has 0 aromatic heterocycles. The average Bonchev–Trinajstić information content (AvgIpc) is 2.51. The molecule has 0 amide bonds. The van der Waals surface area contributed by atoms with Gasteiger partial charge in [-0.25, -0.2) is 0 Å². The van der Waals surface area contributed by atoms with Crippen molar-refractivity contribution in [3.8, 4) is 0 Å². The molecule has 1 aliphatic carbocycles. The second-order valence-corrected chi connectivity index (χ2v) is 5.66. The lowest BCUT2D eigenvalue weighted by molar-refractivity contribution is 0.222. The summed E-state index contributed by atoms with van der Waals surface area (Å²) in [5.74, 6) is 1.75. The zero-order valence-corrected chi connectivity index (χ0v) is 11.2. The second-order valence-electron chi connectivity index (χ2n) is 5.66. The molecule has 0 radical (unpaired) electrons. The van der Waals surface area contributed by atoms with E-state index in [9.17, 15) is 5.11 Å². The van der Waals surface area contributed by atoms with Crippen LogP contribution < -0.4 is 5.32 Å². The zero-order valence-electron chi connectivity index (χ0n) is 11.2. The molecule has 1 saturated carbocycles. The number of aliphatic hydroxyl groups is 1. The van der Waals surface area contributed by atoms with Gasteiger partial charge in [-0.05, 0) is 37.5 Å². The molecule has 0 spiro atoms. The Morgan fingerprint density at radius 2 is 1.94 bits per heavy atom. The van der Waals surface area contributed by atoms with Gasteiger partial charge in [-0.15, -0.1) is 0 Å². The number of hydrogen-bond acceptors (Lipinski definition) is 2. The highest BCUT2D eigenvalue weighted by Crippen LogP contribution is 2.28. The highest BCUT2D eigenvalue weighted by atomic mass is 16.3. The van der Waals surface area contributed by atoms with Gasteiger partial charge in [-0.3, -0.25) is 0 Å². The minimum absolute atomic E-state index is 0.278. The molecule has 1 aliphatic rings. The average molecular weight is 227 g/mol.